The molecule has 0 fully saturated rings. The highest BCUT2D eigenvalue weighted by Crippen LogP contribution is 1.92. The minimum Gasteiger partial charge on any atom is -0.383 e. The Balaban J connectivity index is 3.62. The summed E-state index contributed by atoms with van der Waals surface area (Å²) in [6, 6.07) is -0.531. The van der Waals surface area contributed by atoms with Gasteiger partial charge in [0.15, 0.2) is 0 Å². The molecule has 6 heteroatoms. The number of methoxy groups -OCH3 is 1. The molecule has 0 aliphatic rings. The highest BCUT2D eigenvalue weighted by Gasteiger charge is 2.12. The van der Waals surface area contributed by atoms with Gasteiger partial charge in [-0.1, -0.05) is 13.3 Å². The van der Waals surface area contributed by atoms with E-state index >= 15 is 0 Å². The van der Waals surface area contributed by atoms with E-state index in [0.29, 0.717) is 19.6 Å². The number of hydrogen-bond donors (Lipinski definition) is 3. The maximum Gasteiger partial charge on any atom is 0.239 e. The van der Waals surface area contributed by atoms with Crippen molar-refractivity contribution in [1.82, 2.24) is 10.6 Å². The average molecular weight is 231 g/mol. The molecule has 0 aromatic rings. The predicted octanol–water partition coefficient (Wildman–Crippen LogP) is -1.01. The standard InChI is InChI=1S/C10H21N3O3/c1-3-4-8(11)10(15)13-7-9(14)12-5-6-16-2/h8H,3-7,11H2,1-2H3,(H,12,14)(H,13,15)/t8-/m1/s1. The van der Waals surface area contributed by atoms with Crippen LogP contribution in [-0.4, -0.2) is 44.7 Å². The molecule has 0 aromatic carbocycles. The molecule has 0 spiro atoms. The lowest BCUT2D eigenvalue weighted by Gasteiger charge is -2.11. The summed E-state index contributed by atoms with van der Waals surface area (Å²) in [6.45, 7) is 2.80. The summed E-state index contributed by atoms with van der Waals surface area (Å²) in [5.41, 5.74) is 5.57. The quantitative estimate of drug-likeness (QED) is 0.467. The summed E-state index contributed by atoms with van der Waals surface area (Å²) in [7, 11) is 1.55. The van der Waals surface area contributed by atoms with E-state index in [9.17, 15) is 9.59 Å². The molecule has 0 radical (unpaired) electrons. The van der Waals surface area contributed by atoms with Crippen LogP contribution < -0.4 is 16.4 Å². The number of rotatable bonds is 8. The Morgan fingerprint density at radius 2 is 2.06 bits per heavy atom. The number of hydrogen-bond acceptors (Lipinski definition) is 4. The van der Waals surface area contributed by atoms with Gasteiger partial charge in [0.25, 0.3) is 0 Å². The first-order valence-electron chi connectivity index (χ1n) is 5.40. The molecule has 2 amide bonds. The fourth-order valence-electron chi connectivity index (χ4n) is 1.10. The van der Waals surface area contributed by atoms with Gasteiger partial charge >= 0.3 is 0 Å². The van der Waals surface area contributed by atoms with Crippen LogP contribution in [0.15, 0.2) is 0 Å². The lowest BCUT2D eigenvalue weighted by Crippen LogP contribution is -2.45. The van der Waals surface area contributed by atoms with E-state index in [1.165, 1.54) is 0 Å². The number of ether oxygens (including phenoxy) is 1. The Labute approximate surface area is 95.9 Å². The van der Waals surface area contributed by atoms with Crippen LogP contribution >= 0.6 is 0 Å². The van der Waals surface area contributed by atoms with E-state index in [1.54, 1.807) is 7.11 Å². The maximum atomic E-state index is 11.3. The minimum atomic E-state index is -0.531. The predicted molar refractivity (Wildman–Crippen MR) is 60.8 cm³/mol. The Morgan fingerprint density at radius 3 is 2.62 bits per heavy atom. The number of carbonyl (C=O) groups excluding carboxylic acids is 2. The SMILES string of the molecule is CCC[C@@H](N)C(=O)NCC(=O)NCCOC. The molecule has 0 rings (SSSR count). The van der Waals surface area contributed by atoms with E-state index in [1.807, 2.05) is 6.92 Å². The molecule has 4 N–H and O–H groups in total. The first kappa shape index (κ1) is 14.9. The number of amides is 2. The van der Waals surface area contributed by atoms with Crippen LogP contribution in [0.5, 0.6) is 0 Å². The number of carbonyl (C=O) groups is 2. The zero-order valence-electron chi connectivity index (χ0n) is 9.91. The second-order valence-corrected chi connectivity index (χ2v) is 3.46. The van der Waals surface area contributed by atoms with E-state index in [2.05, 4.69) is 10.6 Å². The van der Waals surface area contributed by atoms with Gasteiger partial charge in [-0.25, -0.2) is 0 Å². The zero-order valence-corrected chi connectivity index (χ0v) is 9.91. The Morgan fingerprint density at radius 1 is 1.38 bits per heavy atom. The molecule has 0 aliphatic carbocycles. The third-order valence-corrected chi connectivity index (χ3v) is 1.99. The second-order valence-electron chi connectivity index (χ2n) is 3.46. The van der Waals surface area contributed by atoms with Gasteiger partial charge in [0.05, 0.1) is 19.2 Å². The Bertz CT molecular complexity index is 221. The highest BCUT2D eigenvalue weighted by molar-refractivity contribution is 5.87. The molecule has 0 unspecified atom stereocenters. The van der Waals surface area contributed by atoms with Gasteiger partial charge in [0, 0.05) is 13.7 Å². The van der Waals surface area contributed by atoms with Crippen molar-refractivity contribution in [3.63, 3.8) is 0 Å². The molecule has 0 aliphatic heterocycles. The number of nitrogens with one attached hydrogen (secondary N) is 2. The van der Waals surface area contributed by atoms with Gasteiger partial charge in [-0.05, 0) is 6.42 Å². The van der Waals surface area contributed by atoms with Crippen LogP contribution in [0, 0.1) is 0 Å². The van der Waals surface area contributed by atoms with Gasteiger partial charge in [0.1, 0.15) is 0 Å². The van der Waals surface area contributed by atoms with Crippen molar-refractivity contribution >= 4 is 11.8 Å². The second kappa shape index (κ2) is 9.11. The molecule has 0 heterocycles. The van der Waals surface area contributed by atoms with Crippen LogP contribution in [-0.2, 0) is 14.3 Å². The molecule has 16 heavy (non-hydrogen) atoms. The van der Waals surface area contributed by atoms with Crippen molar-refractivity contribution < 1.29 is 14.3 Å². The summed E-state index contributed by atoms with van der Waals surface area (Å²) in [5.74, 6) is -0.530. The third-order valence-electron chi connectivity index (χ3n) is 1.99. The highest BCUT2D eigenvalue weighted by atomic mass is 16.5. The molecule has 1 atom stereocenters. The summed E-state index contributed by atoms with van der Waals surface area (Å²) in [4.78, 5) is 22.5. The van der Waals surface area contributed by atoms with E-state index in [-0.39, 0.29) is 18.4 Å². The van der Waals surface area contributed by atoms with Crippen molar-refractivity contribution in [2.24, 2.45) is 5.73 Å². The van der Waals surface area contributed by atoms with Crippen LogP contribution in [0.25, 0.3) is 0 Å². The maximum absolute atomic E-state index is 11.3. The van der Waals surface area contributed by atoms with E-state index in [0.717, 1.165) is 6.42 Å². The van der Waals surface area contributed by atoms with Crippen molar-refractivity contribution in [3.8, 4) is 0 Å². The van der Waals surface area contributed by atoms with Gasteiger partial charge in [-0.3, -0.25) is 9.59 Å². The van der Waals surface area contributed by atoms with Gasteiger partial charge in [-0.15, -0.1) is 0 Å². The molecule has 0 aromatic heterocycles. The molecule has 0 saturated carbocycles. The van der Waals surface area contributed by atoms with Crippen LogP contribution in [0.2, 0.25) is 0 Å². The average Bonchev–Trinajstić information content (AvgIpc) is 2.26. The first-order valence-corrected chi connectivity index (χ1v) is 5.40. The van der Waals surface area contributed by atoms with E-state index < -0.39 is 6.04 Å². The fraction of sp³-hybridized carbons (Fsp3) is 0.800. The van der Waals surface area contributed by atoms with Gasteiger partial charge < -0.3 is 21.1 Å². The van der Waals surface area contributed by atoms with Crippen molar-refractivity contribution in [3.05, 3.63) is 0 Å². The van der Waals surface area contributed by atoms with Gasteiger partial charge in [0.2, 0.25) is 11.8 Å². The minimum absolute atomic E-state index is 0.0417. The summed E-state index contributed by atoms with van der Waals surface area (Å²) < 4.78 is 4.77. The molecular weight excluding hydrogens is 210 g/mol. The fourth-order valence-corrected chi connectivity index (χ4v) is 1.10. The van der Waals surface area contributed by atoms with Gasteiger partial charge in [-0.2, -0.15) is 0 Å². The Kier molecular flexibility index (Phi) is 8.46. The van der Waals surface area contributed by atoms with Crippen molar-refractivity contribution in [2.45, 2.75) is 25.8 Å². The van der Waals surface area contributed by atoms with Crippen molar-refractivity contribution in [2.75, 3.05) is 26.8 Å². The lowest BCUT2D eigenvalue weighted by molar-refractivity contribution is -0.127. The van der Waals surface area contributed by atoms with Crippen molar-refractivity contribution in [1.29, 1.82) is 0 Å². The smallest absolute Gasteiger partial charge is 0.239 e. The van der Waals surface area contributed by atoms with Crippen LogP contribution in [0.4, 0.5) is 0 Å². The van der Waals surface area contributed by atoms with Crippen LogP contribution in [0.1, 0.15) is 19.8 Å². The number of nitrogens with two attached hydrogens (primary N) is 1. The van der Waals surface area contributed by atoms with E-state index in [4.69, 9.17) is 10.5 Å². The molecule has 94 valence electrons. The van der Waals surface area contributed by atoms with Crippen LogP contribution in [0.3, 0.4) is 0 Å². The topological polar surface area (TPSA) is 93.5 Å². The largest absolute Gasteiger partial charge is 0.383 e. The molecule has 6 nitrogen and oxygen atoms in total. The molecule has 0 saturated heterocycles. The molecule has 0 bridgehead atoms. The zero-order chi connectivity index (χ0) is 12.4. The summed E-state index contributed by atoms with van der Waals surface area (Å²) >= 11 is 0. The lowest BCUT2D eigenvalue weighted by atomic mass is 10.2. The Hall–Kier alpha value is -1.14. The molecular formula is C10H21N3O3. The third kappa shape index (κ3) is 7.19. The monoisotopic (exact) mass is 231 g/mol. The normalized spacial score (nSPS) is 11.9. The summed E-state index contributed by atoms with van der Waals surface area (Å²) in [6.07, 6.45) is 1.46. The summed E-state index contributed by atoms with van der Waals surface area (Å²) in [5, 5.41) is 5.07. The first-order chi connectivity index (χ1) is 7.61.